The molecule has 0 aliphatic carbocycles. The van der Waals surface area contributed by atoms with Gasteiger partial charge in [-0.2, -0.15) is 0 Å². The summed E-state index contributed by atoms with van der Waals surface area (Å²) in [5, 5.41) is 0. The van der Waals surface area contributed by atoms with Crippen LogP contribution in [0.1, 0.15) is 239 Å². The van der Waals surface area contributed by atoms with Crippen LogP contribution in [0, 0.1) is 0 Å². The predicted molar refractivity (Wildman–Crippen MR) is 270 cm³/mol. The average molecular weight is 863 g/mol. The van der Waals surface area contributed by atoms with E-state index in [1.165, 1.54) is 116 Å². The van der Waals surface area contributed by atoms with Crippen LogP contribution in [0.25, 0.3) is 0 Å². The lowest BCUT2D eigenvalue weighted by atomic mass is 10.0. The van der Waals surface area contributed by atoms with Gasteiger partial charge in [-0.3, -0.25) is 9.59 Å². The first kappa shape index (κ1) is 59.1. The molecule has 1 unspecified atom stereocenters. The van der Waals surface area contributed by atoms with Crippen molar-refractivity contribution in [1.29, 1.82) is 0 Å². The lowest BCUT2D eigenvalue weighted by Crippen LogP contribution is -2.30. The Morgan fingerprint density at radius 3 is 1.24 bits per heavy atom. The predicted octanol–water partition coefficient (Wildman–Crippen LogP) is 17.7. The summed E-state index contributed by atoms with van der Waals surface area (Å²) < 4.78 is 17.4. The number of rotatable bonds is 47. The number of hydrogen-bond acceptors (Lipinski definition) is 5. The number of ether oxygens (including phenoxy) is 3. The third-order valence-corrected chi connectivity index (χ3v) is 10.9. The van der Waals surface area contributed by atoms with Crippen molar-refractivity contribution in [3.63, 3.8) is 0 Å². The highest BCUT2D eigenvalue weighted by Crippen LogP contribution is 2.14. The van der Waals surface area contributed by atoms with Gasteiger partial charge in [-0.25, -0.2) is 0 Å². The molecule has 0 bridgehead atoms. The highest BCUT2D eigenvalue weighted by Gasteiger charge is 2.17. The standard InChI is InChI=1S/C57H98O5/c1-4-7-10-13-16-19-22-25-27-28-29-30-31-33-35-38-41-44-47-50-56(58)61-54-55(53-60-52-49-46-43-40-37-34-26-23-20-17-14-11-8-5-2)62-57(59)51-48-45-42-39-36-32-24-21-18-15-12-9-6-3/h7,10-11,14,16,19-20,23,25,27,29-30,33,35,55H,4-6,8-9,12-13,15,17-18,21-22,24,26,28,31-32,34,36-54H2,1-3H3/b10-7-,14-11-,19-16-,23-20-,27-25-,30-29-,35-33-. The van der Waals surface area contributed by atoms with Crippen molar-refractivity contribution < 1.29 is 23.8 Å². The summed E-state index contributed by atoms with van der Waals surface area (Å²) in [7, 11) is 0. The fraction of sp³-hybridized carbons (Fsp3) is 0.719. The van der Waals surface area contributed by atoms with E-state index >= 15 is 0 Å². The van der Waals surface area contributed by atoms with Crippen molar-refractivity contribution >= 4 is 11.9 Å². The maximum atomic E-state index is 12.8. The highest BCUT2D eigenvalue weighted by molar-refractivity contribution is 5.70. The number of esters is 2. The summed E-state index contributed by atoms with van der Waals surface area (Å²) in [6, 6.07) is 0. The van der Waals surface area contributed by atoms with Crippen LogP contribution < -0.4 is 0 Å². The molecule has 0 saturated heterocycles. The molecule has 1 atom stereocenters. The summed E-state index contributed by atoms with van der Waals surface area (Å²) >= 11 is 0. The fourth-order valence-corrected chi connectivity index (χ4v) is 7.04. The van der Waals surface area contributed by atoms with Crippen molar-refractivity contribution in [1.82, 2.24) is 0 Å². The van der Waals surface area contributed by atoms with Crippen LogP contribution in [0.2, 0.25) is 0 Å². The van der Waals surface area contributed by atoms with Crippen molar-refractivity contribution in [2.24, 2.45) is 0 Å². The van der Waals surface area contributed by atoms with Gasteiger partial charge in [-0.1, -0.05) is 221 Å². The molecule has 0 aromatic heterocycles. The summed E-state index contributed by atoms with van der Waals surface area (Å²) in [6.45, 7) is 7.61. The van der Waals surface area contributed by atoms with Gasteiger partial charge in [0.25, 0.3) is 0 Å². The van der Waals surface area contributed by atoms with Crippen molar-refractivity contribution in [2.45, 2.75) is 245 Å². The largest absolute Gasteiger partial charge is 0.462 e. The van der Waals surface area contributed by atoms with Gasteiger partial charge in [-0.15, -0.1) is 0 Å². The Morgan fingerprint density at radius 1 is 0.371 bits per heavy atom. The lowest BCUT2D eigenvalue weighted by molar-refractivity contribution is -0.163. The zero-order valence-corrected chi connectivity index (χ0v) is 40.9. The zero-order valence-electron chi connectivity index (χ0n) is 40.9. The average Bonchev–Trinajstić information content (AvgIpc) is 3.27. The van der Waals surface area contributed by atoms with E-state index in [0.29, 0.717) is 19.4 Å². The minimum atomic E-state index is -0.557. The number of allylic oxidation sites excluding steroid dienone is 14. The van der Waals surface area contributed by atoms with E-state index in [0.717, 1.165) is 89.9 Å². The SMILES string of the molecule is CC/C=C\C/C=C\C/C=C\C/C=C\C/C=C\CCCCCC(=O)OCC(COCCCCCCCC/C=C\C/C=C\CCC)OC(=O)CCCCCCCCCCCCCCC. The second-order valence-electron chi connectivity index (χ2n) is 17.0. The summed E-state index contributed by atoms with van der Waals surface area (Å²) in [4.78, 5) is 25.4. The Hall–Kier alpha value is -2.92. The molecule has 0 heterocycles. The summed E-state index contributed by atoms with van der Waals surface area (Å²) in [6.07, 6.45) is 68.7. The van der Waals surface area contributed by atoms with Crippen LogP contribution in [0.5, 0.6) is 0 Å². The minimum absolute atomic E-state index is 0.0622. The Morgan fingerprint density at radius 2 is 0.758 bits per heavy atom. The molecule has 5 heteroatoms. The van der Waals surface area contributed by atoms with Crippen LogP contribution in [-0.4, -0.2) is 37.9 Å². The quantitative estimate of drug-likeness (QED) is 0.0346. The number of hydrogen-bond donors (Lipinski definition) is 0. The third kappa shape index (κ3) is 49.7. The molecule has 0 radical (unpaired) electrons. The second-order valence-corrected chi connectivity index (χ2v) is 17.0. The van der Waals surface area contributed by atoms with Crippen molar-refractivity contribution in [3.05, 3.63) is 85.1 Å². The summed E-state index contributed by atoms with van der Waals surface area (Å²) in [5.41, 5.74) is 0. The van der Waals surface area contributed by atoms with Crippen molar-refractivity contribution in [2.75, 3.05) is 19.8 Å². The smallest absolute Gasteiger partial charge is 0.306 e. The number of unbranched alkanes of at least 4 members (excludes halogenated alkanes) is 22. The molecule has 0 aliphatic rings. The van der Waals surface area contributed by atoms with E-state index in [1.807, 2.05) is 0 Å². The van der Waals surface area contributed by atoms with Gasteiger partial charge in [0, 0.05) is 19.4 Å². The summed E-state index contributed by atoms with van der Waals surface area (Å²) in [5.74, 6) is -0.438. The molecule has 0 aromatic rings. The second kappa shape index (κ2) is 52.4. The van der Waals surface area contributed by atoms with Crippen LogP contribution in [0.3, 0.4) is 0 Å². The molecule has 62 heavy (non-hydrogen) atoms. The van der Waals surface area contributed by atoms with E-state index in [9.17, 15) is 9.59 Å². The minimum Gasteiger partial charge on any atom is -0.462 e. The third-order valence-electron chi connectivity index (χ3n) is 10.9. The fourth-order valence-electron chi connectivity index (χ4n) is 7.04. The molecule has 0 fully saturated rings. The van der Waals surface area contributed by atoms with Gasteiger partial charge in [0.1, 0.15) is 6.61 Å². The molecule has 0 rings (SSSR count). The number of carbonyl (C=O) groups is 2. The molecular formula is C57H98O5. The van der Waals surface area contributed by atoms with Gasteiger partial charge in [0.2, 0.25) is 0 Å². The maximum Gasteiger partial charge on any atom is 0.306 e. The first-order valence-electron chi connectivity index (χ1n) is 26.1. The Balaban J connectivity index is 4.33. The molecule has 356 valence electrons. The van der Waals surface area contributed by atoms with Crippen molar-refractivity contribution in [3.8, 4) is 0 Å². The molecule has 5 nitrogen and oxygen atoms in total. The van der Waals surface area contributed by atoms with Gasteiger partial charge >= 0.3 is 11.9 Å². The normalized spacial score (nSPS) is 12.9. The molecular weight excluding hydrogens is 765 g/mol. The van der Waals surface area contributed by atoms with E-state index in [4.69, 9.17) is 14.2 Å². The zero-order chi connectivity index (χ0) is 44.9. The van der Waals surface area contributed by atoms with E-state index < -0.39 is 6.10 Å². The van der Waals surface area contributed by atoms with E-state index in [-0.39, 0.29) is 25.2 Å². The highest BCUT2D eigenvalue weighted by atomic mass is 16.6. The van der Waals surface area contributed by atoms with E-state index in [2.05, 4.69) is 106 Å². The first-order chi connectivity index (χ1) is 30.6. The Kier molecular flexibility index (Phi) is 50.0. The topological polar surface area (TPSA) is 61.8 Å². The lowest BCUT2D eigenvalue weighted by Gasteiger charge is -2.18. The molecule has 0 N–H and O–H groups in total. The van der Waals surface area contributed by atoms with Gasteiger partial charge in [0.15, 0.2) is 6.10 Å². The molecule has 0 saturated carbocycles. The van der Waals surface area contributed by atoms with Gasteiger partial charge < -0.3 is 14.2 Å². The monoisotopic (exact) mass is 863 g/mol. The van der Waals surface area contributed by atoms with Crippen LogP contribution in [0.4, 0.5) is 0 Å². The Labute approximate surface area is 384 Å². The molecule has 0 aromatic carbocycles. The van der Waals surface area contributed by atoms with Crippen LogP contribution in [0.15, 0.2) is 85.1 Å². The first-order valence-corrected chi connectivity index (χ1v) is 26.1. The molecule has 0 spiro atoms. The van der Waals surface area contributed by atoms with E-state index in [1.54, 1.807) is 0 Å². The molecule has 0 aliphatic heterocycles. The van der Waals surface area contributed by atoms with Crippen LogP contribution in [-0.2, 0) is 23.8 Å². The van der Waals surface area contributed by atoms with Gasteiger partial charge in [-0.05, 0) is 89.9 Å². The van der Waals surface area contributed by atoms with Gasteiger partial charge in [0.05, 0.1) is 6.61 Å². The Bertz CT molecular complexity index is 1160. The number of carbonyl (C=O) groups excluding carboxylic acids is 2. The molecule has 0 amide bonds. The maximum absolute atomic E-state index is 12.8. The van der Waals surface area contributed by atoms with Crippen LogP contribution >= 0.6 is 0 Å².